The third-order valence-electron chi connectivity index (χ3n) is 2.55. The Morgan fingerprint density at radius 3 is 3.12 bits per heavy atom. The normalized spacial score (nSPS) is 12.3. The van der Waals surface area contributed by atoms with Crippen molar-refractivity contribution in [1.82, 2.24) is 25.5 Å². The molecule has 0 radical (unpaired) electrons. The van der Waals surface area contributed by atoms with Crippen molar-refractivity contribution in [3.8, 4) is 5.69 Å². The van der Waals surface area contributed by atoms with Gasteiger partial charge in [0.1, 0.15) is 6.33 Å². The second-order valence-electron chi connectivity index (χ2n) is 3.77. The van der Waals surface area contributed by atoms with Crippen LogP contribution in [0.5, 0.6) is 0 Å². The molecule has 1 N–H and O–H groups in total. The summed E-state index contributed by atoms with van der Waals surface area (Å²) in [5, 5.41) is 14.5. The lowest BCUT2D eigenvalue weighted by Gasteiger charge is -2.13. The number of rotatable bonds is 5. The van der Waals surface area contributed by atoms with Gasteiger partial charge in [0.05, 0.1) is 5.69 Å². The van der Waals surface area contributed by atoms with Crippen LogP contribution in [0.2, 0.25) is 0 Å². The minimum Gasteiger partial charge on any atom is -0.307 e. The summed E-state index contributed by atoms with van der Waals surface area (Å²) in [6.45, 7) is 6.59. The number of hydrogen-bond donors (Lipinski definition) is 1. The van der Waals surface area contributed by atoms with Crippen LogP contribution in [0.3, 0.4) is 0 Å². The maximum absolute atomic E-state index is 3.87. The Kier molecular flexibility index (Phi) is 3.62. The SMILES string of the molecule is C=CCNC(C)c1cccc(-n2cnnn2)c1. The van der Waals surface area contributed by atoms with E-state index in [2.05, 4.69) is 46.5 Å². The van der Waals surface area contributed by atoms with E-state index in [1.165, 1.54) is 5.56 Å². The molecule has 1 unspecified atom stereocenters. The standard InChI is InChI=1S/C12H15N5/c1-3-7-13-10(2)11-5-4-6-12(8-11)17-9-14-15-16-17/h3-6,8-10,13H,1,7H2,2H3. The van der Waals surface area contributed by atoms with E-state index in [1.54, 1.807) is 11.0 Å². The van der Waals surface area contributed by atoms with E-state index in [4.69, 9.17) is 0 Å². The predicted molar refractivity (Wildman–Crippen MR) is 65.8 cm³/mol. The summed E-state index contributed by atoms with van der Waals surface area (Å²) in [5.74, 6) is 0. The Hall–Kier alpha value is -2.01. The van der Waals surface area contributed by atoms with Gasteiger partial charge in [-0.1, -0.05) is 18.2 Å². The van der Waals surface area contributed by atoms with Crippen molar-refractivity contribution in [3.63, 3.8) is 0 Å². The van der Waals surface area contributed by atoms with Gasteiger partial charge in [-0.05, 0) is 35.0 Å². The first-order valence-electron chi connectivity index (χ1n) is 5.49. The van der Waals surface area contributed by atoms with E-state index in [0.717, 1.165) is 12.2 Å². The quantitative estimate of drug-likeness (QED) is 0.789. The molecule has 5 heteroatoms. The number of nitrogens with one attached hydrogen (secondary N) is 1. The van der Waals surface area contributed by atoms with Crippen molar-refractivity contribution in [1.29, 1.82) is 0 Å². The summed E-state index contributed by atoms with van der Waals surface area (Å²) in [7, 11) is 0. The molecule has 1 aromatic carbocycles. The van der Waals surface area contributed by atoms with Crippen molar-refractivity contribution in [2.24, 2.45) is 0 Å². The first-order chi connectivity index (χ1) is 8.31. The Morgan fingerprint density at radius 1 is 1.53 bits per heavy atom. The molecule has 0 amide bonds. The number of tetrazole rings is 1. The van der Waals surface area contributed by atoms with Crippen LogP contribution in [0, 0.1) is 0 Å². The van der Waals surface area contributed by atoms with Crippen LogP contribution in [-0.4, -0.2) is 26.8 Å². The number of benzene rings is 1. The maximum atomic E-state index is 3.87. The van der Waals surface area contributed by atoms with Crippen molar-refractivity contribution in [3.05, 3.63) is 48.8 Å². The average molecular weight is 229 g/mol. The van der Waals surface area contributed by atoms with Crippen LogP contribution in [0.15, 0.2) is 43.2 Å². The van der Waals surface area contributed by atoms with E-state index in [9.17, 15) is 0 Å². The molecule has 0 spiro atoms. The van der Waals surface area contributed by atoms with Crippen LogP contribution in [0.1, 0.15) is 18.5 Å². The van der Waals surface area contributed by atoms with Crippen LogP contribution < -0.4 is 5.32 Å². The molecule has 0 saturated heterocycles. The number of nitrogens with zero attached hydrogens (tertiary/aromatic N) is 4. The summed E-state index contributed by atoms with van der Waals surface area (Å²) in [6, 6.07) is 8.38. The van der Waals surface area contributed by atoms with Gasteiger partial charge < -0.3 is 5.32 Å². The topological polar surface area (TPSA) is 55.6 Å². The molecule has 1 aromatic heterocycles. The highest BCUT2D eigenvalue weighted by molar-refractivity contribution is 5.35. The van der Waals surface area contributed by atoms with Crippen LogP contribution in [0.25, 0.3) is 5.69 Å². The molecule has 88 valence electrons. The summed E-state index contributed by atoms with van der Waals surface area (Å²) in [6.07, 6.45) is 3.43. The van der Waals surface area contributed by atoms with E-state index in [-0.39, 0.29) is 6.04 Å². The fraction of sp³-hybridized carbons (Fsp3) is 0.250. The van der Waals surface area contributed by atoms with E-state index < -0.39 is 0 Å². The Morgan fingerprint density at radius 2 is 2.41 bits per heavy atom. The highest BCUT2D eigenvalue weighted by Gasteiger charge is 2.05. The lowest BCUT2D eigenvalue weighted by molar-refractivity contribution is 0.617. The molecule has 17 heavy (non-hydrogen) atoms. The molecule has 0 aliphatic rings. The lowest BCUT2D eigenvalue weighted by Crippen LogP contribution is -2.18. The first kappa shape index (κ1) is 11.5. The minimum absolute atomic E-state index is 0.268. The van der Waals surface area contributed by atoms with Crippen LogP contribution in [-0.2, 0) is 0 Å². The molecule has 0 aliphatic carbocycles. The molecule has 0 aliphatic heterocycles. The van der Waals surface area contributed by atoms with Gasteiger partial charge in [0.15, 0.2) is 0 Å². The Balaban J connectivity index is 2.19. The van der Waals surface area contributed by atoms with Gasteiger partial charge in [0.2, 0.25) is 0 Å². The molecule has 1 heterocycles. The van der Waals surface area contributed by atoms with Crippen LogP contribution >= 0.6 is 0 Å². The van der Waals surface area contributed by atoms with Crippen molar-refractivity contribution in [2.45, 2.75) is 13.0 Å². The van der Waals surface area contributed by atoms with E-state index in [1.807, 2.05) is 18.2 Å². The maximum Gasteiger partial charge on any atom is 0.143 e. The third kappa shape index (κ3) is 2.76. The van der Waals surface area contributed by atoms with Crippen LogP contribution in [0.4, 0.5) is 0 Å². The molecule has 2 aromatic rings. The molecule has 0 fully saturated rings. The van der Waals surface area contributed by atoms with Gasteiger partial charge in [0.25, 0.3) is 0 Å². The van der Waals surface area contributed by atoms with Gasteiger partial charge in [0, 0.05) is 12.6 Å². The summed E-state index contributed by atoms with van der Waals surface area (Å²) in [5.41, 5.74) is 2.15. The van der Waals surface area contributed by atoms with E-state index in [0.29, 0.717) is 0 Å². The van der Waals surface area contributed by atoms with Gasteiger partial charge in [-0.25, -0.2) is 4.68 Å². The smallest absolute Gasteiger partial charge is 0.143 e. The molecule has 2 rings (SSSR count). The summed E-state index contributed by atoms with van der Waals surface area (Å²) < 4.78 is 1.64. The zero-order valence-corrected chi connectivity index (χ0v) is 9.74. The second-order valence-corrected chi connectivity index (χ2v) is 3.77. The fourth-order valence-electron chi connectivity index (χ4n) is 1.59. The van der Waals surface area contributed by atoms with Gasteiger partial charge >= 0.3 is 0 Å². The molecular formula is C12H15N5. The molecule has 5 nitrogen and oxygen atoms in total. The zero-order valence-electron chi connectivity index (χ0n) is 9.74. The molecule has 0 saturated carbocycles. The van der Waals surface area contributed by atoms with Gasteiger partial charge in [-0.2, -0.15) is 0 Å². The minimum atomic E-state index is 0.268. The fourth-order valence-corrected chi connectivity index (χ4v) is 1.59. The van der Waals surface area contributed by atoms with Crippen molar-refractivity contribution >= 4 is 0 Å². The third-order valence-corrected chi connectivity index (χ3v) is 2.55. The monoisotopic (exact) mass is 229 g/mol. The largest absolute Gasteiger partial charge is 0.307 e. The summed E-state index contributed by atoms with van der Waals surface area (Å²) >= 11 is 0. The number of aromatic nitrogens is 4. The molecular weight excluding hydrogens is 214 g/mol. The van der Waals surface area contributed by atoms with Crippen molar-refractivity contribution < 1.29 is 0 Å². The first-order valence-corrected chi connectivity index (χ1v) is 5.49. The molecule has 1 atom stereocenters. The van der Waals surface area contributed by atoms with Crippen molar-refractivity contribution in [2.75, 3.05) is 6.54 Å². The molecule has 0 bridgehead atoms. The highest BCUT2D eigenvalue weighted by Crippen LogP contribution is 2.15. The Bertz CT molecular complexity index is 477. The lowest BCUT2D eigenvalue weighted by atomic mass is 10.1. The second kappa shape index (κ2) is 5.36. The predicted octanol–water partition coefficient (Wildman–Crippen LogP) is 1.50. The zero-order chi connectivity index (χ0) is 12.1. The summed E-state index contributed by atoms with van der Waals surface area (Å²) in [4.78, 5) is 0. The van der Waals surface area contributed by atoms with E-state index >= 15 is 0 Å². The average Bonchev–Trinajstić information content (AvgIpc) is 2.90. The number of hydrogen-bond acceptors (Lipinski definition) is 4. The Labute approximate surface area is 100 Å². The highest BCUT2D eigenvalue weighted by atomic mass is 15.5. The van der Waals surface area contributed by atoms with Gasteiger partial charge in [-0.3, -0.25) is 0 Å². The van der Waals surface area contributed by atoms with Gasteiger partial charge in [-0.15, -0.1) is 11.7 Å².